The van der Waals surface area contributed by atoms with E-state index in [4.69, 9.17) is 0 Å². The summed E-state index contributed by atoms with van der Waals surface area (Å²) in [6, 6.07) is 18.5. The summed E-state index contributed by atoms with van der Waals surface area (Å²) in [5.41, 5.74) is 4.88. The fourth-order valence-corrected chi connectivity index (χ4v) is 3.83. The van der Waals surface area contributed by atoms with Crippen LogP contribution in [0.1, 0.15) is 22.3 Å². The van der Waals surface area contributed by atoms with Gasteiger partial charge in [-0.3, -0.25) is 9.91 Å². The number of fused-ring (bicyclic) bond motifs is 1. The summed E-state index contributed by atoms with van der Waals surface area (Å²) in [5.74, 6) is 0.274. The first-order chi connectivity index (χ1) is 13.6. The van der Waals surface area contributed by atoms with Crippen LogP contribution in [0, 0.1) is 13.8 Å². The predicted octanol–water partition coefficient (Wildman–Crippen LogP) is 4.31. The molecule has 1 fully saturated rings. The van der Waals surface area contributed by atoms with Gasteiger partial charge in [0.2, 0.25) is 0 Å². The number of hydrogen-bond acceptors (Lipinski definition) is 4. The van der Waals surface area contributed by atoms with Crippen LogP contribution in [-0.4, -0.2) is 47.4 Å². The molecule has 0 amide bonds. The molecule has 0 bridgehead atoms. The van der Waals surface area contributed by atoms with Crippen LogP contribution in [0.2, 0.25) is 0 Å². The molecule has 3 aromatic carbocycles. The van der Waals surface area contributed by atoms with Crippen LogP contribution in [0.15, 0.2) is 59.7 Å². The fourth-order valence-electron chi connectivity index (χ4n) is 3.83. The summed E-state index contributed by atoms with van der Waals surface area (Å²) in [7, 11) is 0. The number of aryl methyl sites for hydroxylation is 2. The zero-order valence-electron chi connectivity index (χ0n) is 16.6. The van der Waals surface area contributed by atoms with Crippen molar-refractivity contribution in [1.29, 1.82) is 0 Å². The van der Waals surface area contributed by atoms with Crippen LogP contribution >= 0.6 is 0 Å². The second-order valence-corrected chi connectivity index (χ2v) is 7.62. The first-order valence-corrected chi connectivity index (χ1v) is 9.88. The fraction of sp³-hybridized carbons (Fsp3) is 0.292. The number of phenols is 1. The van der Waals surface area contributed by atoms with Crippen molar-refractivity contribution >= 4 is 17.0 Å². The number of hydrogen-bond donors (Lipinski definition) is 1. The Morgan fingerprint density at radius 3 is 2.54 bits per heavy atom. The summed E-state index contributed by atoms with van der Waals surface area (Å²) in [5, 5.41) is 19.2. The molecule has 1 saturated heterocycles. The quantitative estimate of drug-likeness (QED) is 0.693. The van der Waals surface area contributed by atoms with Gasteiger partial charge < -0.3 is 5.11 Å². The number of nitrogens with zero attached hydrogens (tertiary/aromatic N) is 3. The van der Waals surface area contributed by atoms with Crippen molar-refractivity contribution in [2.45, 2.75) is 20.4 Å². The average molecular weight is 374 g/mol. The molecule has 4 rings (SSSR count). The highest BCUT2D eigenvalue weighted by atomic mass is 16.3. The summed E-state index contributed by atoms with van der Waals surface area (Å²) >= 11 is 0. The monoisotopic (exact) mass is 373 g/mol. The number of hydrazone groups is 1. The summed E-state index contributed by atoms with van der Waals surface area (Å²) in [6.45, 7) is 9.10. The third kappa shape index (κ3) is 4.02. The topological polar surface area (TPSA) is 39.1 Å². The zero-order chi connectivity index (χ0) is 19.5. The lowest BCUT2D eigenvalue weighted by Crippen LogP contribution is -2.43. The number of rotatable bonds is 4. The van der Waals surface area contributed by atoms with Gasteiger partial charge in [-0.1, -0.05) is 54.1 Å². The molecule has 144 valence electrons. The predicted molar refractivity (Wildman–Crippen MR) is 116 cm³/mol. The highest BCUT2D eigenvalue weighted by Gasteiger charge is 2.16. The minimum atomic E-state index is 0.274. The number of aromatic hydroxyl groups is 1. The van der Waals surface area contributed by atoms with E-state index in [2.05, 4.69) is 53.1 Å². The highest BCUT2D eigenvalue weighted by molar-refractivity contribution is 6.02. The van der Waals surface area contributed by atoms with E-state index < -0.39 is 0 Å². The maximum atomic E-state index is 10.3. The summed E-state index contributed by atoms with van der Waals surface area (Å²) < 4.78 is 0. The van der Waals surface area contributed by atoms with Crippen molar-refractivity contribution in [3.8, 4) is 5.75 Å². The Hall–Kier alpha value is -2.85. The first-order valence-electron chi connectivity index (χ1n) is 9.88. The van der Waals surface area contributed by atoms with Gasteiger partial charge in [0.05, 0.1) is 6.21 Å². The van der Waals surface area contributed by atoms with Crippen molar-refractivity contribution in [1.82, 2.24) is 9.91 Å². The number of phenolic OH excluding ortho intramolecular Hbond substituents is 1. The average Bonchev–Trinajstić information content (AvgIpc) is 2.70. The highest BCUT2D eigenvalue weighted by Crippen LogP contribution is 2.25. The molecule has 0 aromatic heterocycles. The van der Waals surface area contributed by atoms with E-state index in [1.54, 1.807) is 12.3 Å². The SMILES string of the molecule is Cc1ccc(CN2CCN(/N=C\c3c(O)ccc4ccccc34)CC2)c(C)c1. The molecule has 1 heterocycles. The number of piperazine rings is 1. The third-order valence-electron chi connectivity index (χ3n) is 5.54. The maximum Gasteiger partial charge on any atom is 0.125 e. The van der Waals surface area contributed by atoms with E-state index in [9.17, 15) is 5.11 Å². The van der Waals surface area contributed by atoms with Crippen LogP contribution in [0.25, 0.3) is 10.8 Å². The van der Waals surface area contributed by atoms with Gasteiger partial charge in [0.25, 0.3) is 0 Å². The van der Waals surface area contributed by atoms with Crippen LogP contribution in [0.3, 0.4) is 0 Å². The standard InChI is InChI=1S/C24H27N3O/c1-18-7-8-21(19(2)15-18)17-26-11-13-27(14-12-26)25-16-23-22-6-4-3-5-20(22)9-10-24(23)28/h3-10,15-16,28H,11-14,17H2,1-2H3/b25-16-. The molecule has 4 nitrogen and oxygen atoms in total. The second-order valence-electron chi connectivity index (χ2n) is 7.62. The lowest BCUT2D eigenvalue weighted by Gasteiger charge is -2.33. The van der Waals surface area contributed by atoms with Crippen LogP contribution in [0.4, 0.5) is 0 Å². The van der Waals surface area contributed by atoms with Gasteiger partial charge in [0.1, 0.15) is 5.75 Å². The molecule has 4 heteroatoms. The van der Waals surface area contributed by atoms with Crippen LogP contribution in [-0.2, 0) is 6.54 Å². The van der Waals surface area contributed by atoms with E-state index in [-0.39, 0.29) is 5.75 Å². The van der Waals surface area contributed by atoms with Crippen molar-refractivity contribution in [3.05, 3.63) is 76.9 Å². The van der Waals surface area contributed by atoms with Gasteiger partial charge in [-0.2, -0.15) is 5.10 Å². The van der Waals surface area contributed by atoms with E-state index in [1.165, 1.54) is 16.7 Å². The lowest BCUT2D eigenvalue weighted by atomic mass is 10.0. The van der Waals surface area contributed by atoms with E-state index in [0.29, 0.717) is 0 Å². The molecule has 0 atom stereocenters. The molecule has 1 N–H and O–H groups in total. The van der Waals surface area contributed by atoms with Gasteiger partial charge in [-0.05, 0) is 41.8 Å². The van der Waals surface area contributed by atoms with Crippen LogP contribution < -0.4 is 0 Å². The molecule has 28 heavy (non-hydrogen) atoms. The maximum absolute atomic E-state index is 10.3. The lowest BCUT2D eigenvalue weighted by molar-refractivity contribution is 0.131. The van der Waals surface area contributed by atoms with E-state index in [0.717, 1.165) is 49.1 Å². The molecule has 0 radical (unpaired) electrons. The third-order valence-corrected chi connectivity index (χ3v) is 5.54. The summed E-state index contributed by atoms with van der Waals surface area (Å²) in [4.78, 5) is 2.49. The Bertz CT molecular complexity index is 1000. The van der Waals surface area contributed by atoms with Crippen molar-refractivity contribution in [2.24, 2.45) is 5.10 Å². The van der Waals surface area contributed by atoms with Gasteiger partial charge in [-0.25, -0.2) is 0 Å². The van der Waals surface area contributed by atoms with Crippen LogP contribution in [0.5, 0.6) is 5.75 Å². The zero-order valence-corrected chi connectivity index (χ0v) is 16.6. The molecular formula is C24H27N3O. The van der Waals surface area contributed by atoms with E-state index in [1.807, 2.05) is 24.3 Å². The minimum absolute atomic E-state index is 0.274. The Balaban J connectivity index is 1.40. The Labute approximate surface area is 166 Å². The molecule has 0 aliphatic carbocycles. The first kappa shape index (κ1) is 18.5. The molecule has 1 aliphatic rings. The van der Waals surface area contributed by atoms with E-state index >= 15 is 0 Å². The van der Waals surface area contributed by atoms with Gasteiger partial charge >= 0.3 is 0 Å². The molecule has 0 unspecified atom stereocenters. The number of benzene rings is 3. The molecular weight excluding hydrogens is 346 g/mol. The molecule has 0 saturated carbocycles. The largest absolute Gasteiger partial charge is 0.507 e. The Kier molecular flexibility index (Phi) is 5.31. The Morgan fingerprint density at radius 1 is 0.964 bits per heavy atom. The van der Waals surface area contributed by atoms with Crippen molar-refractivity contribution in [3.63, 3.8) is 0 Å². The smallest absolute Gasteiger partial charge is 0.125 e. The van der Waals surface area contributed by atoms with Gasteiger partial charge in [0.15, 0.2) is 0 Å². The normalized spacial score (nSPS) is 15.6. The minimum Gasteiger partial charge on any atom is -0.507 e. The molecule has 3 aromatic rings. The molecule has 1 aliphatic heterocycles. The van der Waals surface area contributed by atoms with Crippen molar-refractivity contribution in [2.75, 3.05) is 26.2 Å². The van der Waals surface area contributed by atoms with Gasteiger partial charge in [0, 0.05) is 38.3 Å². The second kappa shape index (κ2) is 8.03. The Morgan fingerprint density at radius 2 is 1.75 bits per heavy atom. The summed E-state index contributed by atoms with van der Waals surface area (Å²) in [6.07, 6.45) is 1.80. The van der Waals surface area contributed by atoms with Crippen molar-refractivity contribution < 1.29 is 5.11 Å². The van der Waals surface area contributed by atoms with Gasteiger partial charge in [-0.15, -0.1) is 0 Å². The molecule has 0 spiro atoms.